The predicted octanol–water partition coefficient (Wildman–Crippen LogP) is 8.81. The summed E-state index contributed by atoms with van der Waals surface area (Å²) in [6.45, 7) is 0. The van der Waals surface area contributed by atoms with Gasteiger partial charge >= 0.3 is 0 Å². The Labute approximate surface area is 243 Å². The number of rotatable bonds is 3. The quantitative estimate of drug-likeness (QED) is 0.226. The molecule has 1 spiro atoms. The minimum Gasteiger partial charge on any atom is -0.467 e. The number of hydrogen-bond donors (Lipinski definition) is 0. The number of hydrogen-bond acceptors (Lipinski definition) is 4. The SMILES string of the molecule is c1ccc(-c2nc(-c3ccccc3)nc(-c3ccc4c(c3)C3(c5ccccc5-4)c4ccccc4-c4ccoc43)n2)cc1. The molecular weight excluding hydrogens is 514 g/mol. The largest absolute Gasteiger partial charge is 0.467 e. The Morgan fingerprint density at radius 1 is 0.405 bits per heavy atom. The number of benzene rings is 5. The van der Waals surface area contributed by atoms with Crippen LogP contribution in [0.4, 0.5) is 0 Å². The highest BCUT2D eigenvalue weighted by atomic mass is 16.3. The third-order valence-corrected chi connectivity index (χ3v) is 8.63. The zero-order valence-corrected chi connectivity index (χ0v) is 22.5. The standard InChI is InChI=1S/C38H23N3O/c1-3-11-24(12-4-1)35-39-36(25-13-5-2-6-14-25)41-37(40-35)26-19-20-29-27-15-7-9-17-31(27)38(33(29)23-26)32-18-10-8-16-28(32)30-21-22-42-34(30)38/h1-23H. The Kier molecular flexibility index (Phi) is 4.79. The van der Waals surface area contributed by atoms with Gasteiger partial charge < -0.3 is 4.42 Å². The molecule has 0 aliphatic heterocycles. The second kappa shape index (κ2) is 8.69. The van der Waals surface area contributed by atoms with Gasteiger partial charge in [-0.1, -0.05) is 121 Å². The molecule has 0 N–H and O–H groups in total. The van der Waals surface area contributed by atoms with Crippen molar-refractivity contribution in [3.05, 3.63) is 162 Å². The third kappa shape index (κ3) is 3.09. The maximum absolute atomic E-state index is 6.37. The zero-order valence-electron chi connectivity index (χ0n) is 22.5. The molecule has 4 nitrogen and oxygen atoms in total. The number of furan rings is 1. The fraction of sp³-hybridized carbons (Fsp3) is 0.0263. The lowest BCUT2D eigenvalue weighted by Gasteiger charge is -2.28. The van der Waals surface area contributed by atoms with Gasteiger partial charge in [-0.15, -0.1) is 0 Å². The third-order valence-electron chi connectivity index (χ3n) is 8.63. The summed E-state index contributed by atoms with van der Waals surface area (Å²) in [6, 6.07) is 46.3. The summed E-state index contributed by atoms with van der Waals surface area (Å²) in [4.78, 5) is 14.9. The molecule has 0 amide bonds. The van der Waals surface area contributed by atoms with Crippen LogP contribution in [0, 0.1) is 0 Å². The van der Waals surface area contributed by atoms with Gasteiger partial charge in [0.1, 0.15) is 11.2 Å². The van der Waals surface area contributed by atoms with Crippen molar-refractivity contribution >= 4 is 0 Å². The first-order chi connectivity index (χ1) is 20.8. The molecule has 0 bridgehead atoms. The van der Waals surface area contributed by atoms with Crippen molar-refractivity contribution in [2.45, 2.75) is 5.41 Å². The maximum Gasteiger partial charge on any atom is 0.164 e. The minimum absolute atomic E-state index is 0.547. The molecule has 4 heteroatoms. The molecule has 2 heterocycles. The fourth-order valence-electron chi connectivity index (χ4n) is 6.87. The van der Waals surface area contributed by atoms with Gasteiger partial charge in [-0.05, 0) is 45.5 Å². The molecule has 7 aromatic rings. The molecule has 0 saturated carbocycles. The number of aromatic nitrogens is 3. The molecule has 1 unspecified atom stereocenters. The zero-order chi connectivity index (χ0) is 27.7. The van der Waals surface area contributed by atoms with E-state index in [0.717, 1.165) is 28.0 Å². The average Bonchev–Trinajstić information content (AvgIpc) is 3.74. The highest BCUT2D eigenvalue weighted by molar-refractivity contribution is 5.94. The summed E-state index contributed by atoms with van der Waals surface area (Å²) in [7, 11) is 0. The topological polar surface area (TPSA) is 51.8 Å². The highest BCUT2D eigenvalue weighted by Gasteiger charge is 2.54. The van der Waals surface area contributed by atoms with E-state index in [0.29, 0.717) is 17.5 Å². The van der Waals surface area contributed by atoms with Crippen LogP contribution in [0.2, 0.25) is 0 Å². The summed E-state index contributed by atoms with van der Waals surface area (Å²) in [6.07, 6.45) is 1.82. The molecule has 2 aromatic heterocycles. The second-order valence-corrected chi connectivity index (χ2v) is 10.8. The van der Waals surface area contributed by atoms with Crippen LogP contribution in [0.1, 0.15) is 22.5 Å². The van der Waals surface area contributed by atoms with E-state index in [1.165, 1.54) is 33.4 Å². The van der Waals surface area contributed by atoms with Crippen LogP contribution < -0.4 is 0 Å². The summed E-state index contributed by atoms with van der Waals surface area (Å²) < 4.78 is 6.37. The summed E-state index contributed by atoms with van der Waals surface area (Å²) in [5.41, 5.74) is 10.8. The van der Waals surface area contributed by atoms with Crippen LogP contribution in [0.5, 0.6) is 0 Å². The molecule has 2 aliphatic rings. The van der Waals surface area contributed by atoms with Gasteiger partial charge in [0.05, 0.1) is 6.26 Å². The molecule has 196 valence electrons. The van der Waals surface area contributed by atoms with Crippen molar-refractivity contribution in [1.82, 2.24) is 15.0 Å². The van der Waals surface area contributed by atoms with E-state index in [2.05, 4.69) is 72.8 Å². The van der Waals surface area contributed by atoms with Crippen LogP contribution in [0.15, 0.2) is 144 Å². The normalized spacial score (nSPS) is 15.7. The van der Waals surface area contributed by atoms with Crippen LogP contribution in [0.3, 0.4) is 0 Å². The maximum atomic E-state index is 6.37. The van der Waals surface area contributed by atoms with Crippen molar-refractivity contribution in [1.29, 1.82) is 0 Å². The van der Waals surface area contributed by atoms with Gasteiger partial charge in [-0.3, -0.25) is 0 Å². The van der Waals surface area contributed by atoms with Crippen molar-refractivity contribution in [2.75, 3.05) is 0 Å². The van der Waals surface area contributed by atoms with Gasteiger partial charge in [0, 0.05) is 22.3 Å². The Morgan fingerprint density at radius 3 is 1.52 bits per heavy atom. The van der Waals surface area contributed by atoms with Crippen molar-refractivity contribution in [3.8, 4) is 56.4 Å². The lowest BCUT2D eigenvalue weighted by molar-refractivity contribution is 0.474. The van der Waals surface area contributed by atoms with E-state index < -0.39 is 5.41 Å². The van der Waals surface area contributed by atoms with Crippen LogP contribution in [-0.2, 0) is 5.41 Å². The van der Waals surface area contributed by atoms with Crippen LogP contribution >= 0.6 is 0 Å². The van der Waals surface area contributed by atoms with E-state index in [1.54, 1.807) is 0 Å². The van der Waals surface area contributed by atoms with E-state index in [-0.39, 0.29) is 0 Å². The van der Waals surface area contributed by atoms with Crippen LogP contribution in [0.25, 0.3) is 56.4 Å². The smallest absolute Gasteiger partial charge is 0.164 e. The van der Waals surface area contributed by atoms with Gasteiger partial charge in [0.2, 0.25) is 0 Å². The first-order valence-corrected chi connectivity index (χ1v) is 14.1. The van der Waals surface area contributed by atoms with E-state index in [1.807, 2.05) is 66.9 Å². The molecular formula is C38H23N3O. The van der Waals surface area contributed by atoms with Gasteiger partial charge in [-0.2, -0.15) is 0 Å². The molecule has 1 atom stereocenters. The predicted molar refractivity (Wildman–Crippen MR) is 165 cm³/mol. The summed E-state index contributed by atoms with van der Waals surface area (Å²) in [5, 5.41) is 0. The molecule has 9 rings (SSSR count). The first-order valence-electron chi connectivity index (χ1n) is 14.1. The van der Waals surface area contributed by atoms with Crippen molar-refractivity contribution in [2.24, 2.45) is 0 Å². The first kappa shape index (κ1) is 23.1. The highest BCUT2D eigenvalue weighted by Crippen LogP contribution is 2.63. The molecule has 0 fully saturated rings. The van der Waals surface area contributed by atoms with Gasteiger partial charge in [0.25, 0.3) is 0 Å². The molecule has 0 saturated heterocycles. The minimum atomic E-state index is -0.547. The van der Waals surface area contributed by atoms with Gasteiger partial charge in [-0.25, -0.2) is 15.0 Å². The lowest BCUT2D eigenvalue weighted by atomic mass is 9.73. The summed E-state index contributed by atoms with van der Waals surface area (Å²) in [5.74, 6) is 2.91. The van der Waals surface area contributed by atoms with E-state index in [4.69, 9.17) is 19.4 Å². The van der Waals surface area contributed by atoms with Gasteiger partial charge in [0.15, 0.2) is 17.5 Å². The van der Waals surface area contributed by atoms with Crippen molar-refractivity contribution in [3.63, 3.8) is 0 Å². The number of nitrogens with zero attached hydrogens (tertiary/aromatic N) is 3. The molecule has 5 aromatic carbocycles. The second-order valence-electron chi connectivity index (χ2n) is 10.8. The molecule has 2 aliphatic carbocycles. The Balaban J connectivity index is 1.32. The van der Waals surface area contributed by atoms with Crippen molar-refractivity contribution < 1.29 is 4.42 Å². The molecule has 42 heavy (non-hydrogen) atoms. The molecule has 0 radical (unpaired) electrons. The van der Waals surface area contributed by atoms with E-state index >= 15 is 0 Å². The Morgan fingerprint density at radius 2 is 0.905 bits per heavy atom. The number of fused-ring (bicyclic) bond motifs is 10. The van der Waals surface area contributed by atoms with E-state index in [9.17, 15) is 0 Å². The Hall–Kier alpha value is -5.61. The average molecular weight is 538 g/mol. The monoisotopic (exact) mass is 537 g/mol. The lowest BCUT2D eigenvalue weighted by Crippen LogP contribution is -2.25. The fourth-order valence-corrected chi connectivity index (χ4v) is 6.87. The van der Waals surface area contributed by atoms with Crippen LogP contribution in [-0.4, -0.2) is 15.0 Å². The summed E-state index contributed by atoms with van der Waals surface area (Å²) >= 11 is 0. The Bertz CT molecular complexity index is 2090.